The van der Waals surface area contributed by atoms with E-state index in [0.29, 0.717) is 30.0 Å². The Kier molecular flexibility index (Phi) is 24.2. The second-order valence-corrected chi connectivity index (χ2v) is 19.2. The average Bonchev–Trinajstić information content (AvgIpc) is 3.94. The highest BCUT2D eigenvalue weighted by molar-refractivity contribution is 7.44. The van der Waals surface area contributed by atoms with Crippen LogP contribution >= 0.6 is 8.53 Å². The fourth-order valence-electron chi connectivity index (χ4n) is 8.32. The molecule has 0 aliphatic carbocycles. The molecule has 4 heterocycles. The zero-order chi connectivity index (χ0) is 45.5. The number of imidazole rings is 1. The Labute approximate surface area is 379 Å². The van der Waals surface area contributed by atoms with E-state index in [1.807, 2.05) is 23.6 Å². The van der Waals surface area contributed by atoms with E-state index in [4.69, 9.17) is 33.1 Å². The summed E-state index contributed by atoms with van der Waals surface area (Å²) in [6.07, 6.45) is 24.4. The number of esters is 1. The van der Waals surface area contributed by atoms with E-state index < -0.39 is 32.6 Å². The molecule has 3 unspecified atom stereocenters. The predicted octanol–water partition coefficient (Wildman–Crippen LogP) is 9.82. The zero-order valence-corrected chi connectivity index (χ0v) is 40.8. The van der Waals surface area contributed by atoms with E-state index in [2.05, 4.69) is 65.4 Å². The quantitative estimate of drug-likeness (QED) is 0.0160. The Hall–Kier alpha value is -2.87. The lowest BCUT2D eigenvalue weighted by Crippen LogP contribution is -2.48. The van der Waals surface area contributed by atoms with Gasteiger partial charge in [0.25, 0.3) is 8.53 Å². The van der Waals surface area contributed by atoms with Crippen molar-refractivity contribution in [1.29, 1.82) is 5.26 Å². The minimum absolute atomic E-state index is 0.0986. The van der Waals surface area contributed by atoms with Crippen molar-refractivity contribution >= 4 is 37.8 Å². The lowest BCUT2D eigenvalue weighted by molar-refractivity contribution is -0.243. The summed E-state index contributed by atoms with van der Waals surface area (Å²) < 4.78 is 36.1. The Balaban J connectivity index is 1.41. The van der Waals surface area contributed by atoms with Crippen LogP contribution in [0.5, 0.6) is 0 Å². The van der Waals surface area contributed by atoms with Crippen LogP contribution in [0.1, 0.15) is 163 Å². The van der Waals surface area contributed by atoms with Crippen LogP contribution in [0.3, 0.4) is 0 Å². The number of aromatic nitrogens is 4. The van der Waals surface area contributed by atoms with Crippen LogP contribution in [0.4, 0.5) is 5.82 Å². The van der Waals surface area contributed by atoms with Crippen molar-refractivity contribution in [1.82, 2.24) is 34.2 Å². The van der Waals surface area contributed by atoms with Crippen molar-refractivity contribution < 1.29 is 32.9 Å². The Morgan fingerprint density at radius 1 is 0.952 bits per heavy atom. The first-order valence-corrected chi connectivity index (χ1v) is 25.1. The molecular formula is C46H80N9O7P. The van der Waals surface area contributed by atoms with Gasteiger partial charge in [-0.3, -0.25) is 14.2 Å². The number of methoxy groups -OCH3 is 1. The first-order chi connectivity index (χ1) is 30.5. The summed E-state index contributed by atoms with van der Waals surface area (Å²) >= 11 is 0. The van der Waals surface area contributed by atoms with Gasteiger partial charge >= 0.3 is 5.97 Å². The molecule has 0 saturated carbocycles. The van der Waals surface area contributed by atoms with Crippen molar-refractivity contribution in [3.8, 4) is 6.07 Å². The number of carbonyl (C=O) groups excluding carboxylic acids is 1. The number of hydrogen-bond donors (Lipinski definition) is 0. The largest absolute Gasteiger partial charge is 0.469 e. The van der Waals surface area contributed by atoms with Crippen molar-refractivity contribution in [3.05, 3.63) is 12.7 Å². The first-order valence-electron chi connectivity index (χ1n) is 23.9. The molecule has 2 aliphatic heterocycles. The average molecular weight is 902 g/mol. The summed E-state index contributed by atoms with van der Waals surface area (Å²) in [6, 6.07) is 2.47. The standard InChI is InChI=1S/C46H80N9O7P/c1-9-10-11-24-29-53(30-25-22-20-18-16-14-12-13-15-17-19-21-23-27-39(56)57-8)59-33-46-32-58-41(42(46)62-63(60-31-26-28-47)55(37(2)3)38(4)5)45(61-46)54-36-50-40-43(51-35-52(6)7)48-34-49-44(40)54/h34-38,41-42,45H,9-27,29-33H2,1-8H3/t41?,42?,45-,46-,63?/m1/s1. The van der Waals surface area contributed by atoms with E-state index >= 15 is 0 Å². The number of nitrogens with zero attached hydrogens (tertiary/aromatic N) is 9. The van der Waals surface area contributed by atoms with Crippen LogP contribution in [-0.4, -0.2) is 130 Å². The number of hydroxylamine groups is 2. The summed E-state index contributed by atoms with van der Waals surface area (Å²) in [6.45, 7) is 13.3. The Morgan fingerprint density at radius 2 is 1.57 bits per heavy atom. The lowest BCUT2D eigenvalue weighted by atomic mass is 10.0. The number of fused-ring (bicyclic) bond motifs is 3. The summed E-state index contributed by atoms with van der Waals surface area (Å²) in [5, 5.41) is 11.5. The number of hydrogen-bond acceptors (Lipinski definition) is 14. The molecule has 63 heavy (non-hydrogen) atoms. The normalized spacial score (nSPS) is 20.3. The molecule has 0 radical (unpaired) electrons. The third kappa shape index (κ3) is 16.8. The van der Waals surface area contributed by atoms with E-state index in [-0.39, 0.29) is 37.7 Å². The SMILES string of the molecule is CCCCCCN(CCCCCCCCCCCCCCCC(=O)OC)OC[C@]12COC(C1OP(OCCC#N)N(C(C)C)C(C)C)[C@H](n1cnc3c(N=CN(C)C)ncnc31)O2. The van der Waals surface area contributed by atoms with Gasteiger partial charge in [-0.1, -0.05) is 96.8 Å². The molecule has 2 saturated heterocycles. The van der Waals surface area contributed by atoms with Gasteiger partial charge in [0.1, 0.15) is 30.7 Å². The van der Waals surface area contributed by atoms with E-state index in [1.54, 1.807) is 12.7 Å². The highest BCUT2D eigenvalue weighted by Gasteiger charge is 2.65. The maximum absolute atomic E-state index is 11.3. The highest BCUT2D eigenvalue weighted by Crippen LogP contribution is 2.55. The summed E-state index contributed by atoms with van der Waals surface area (Å²) in [4.78, 5) is 38.2. The maximum atomic E-state index is 11.3. The van der Waals surface area contributed by atoms with E-state index in [1.165, 1.54) is 90.5 Å². The molecule has 2 aromatic rings. The van der Waals surface area contributed by atoms with E-state index in [0.717, 1.165) is 45.2 Å². The molecule has 2 bridgehead atoms. The van der Waals surface area contributed by atoms with Gasteiger partial charge in [0.15, 0.2) is 23.2 Å². The van der Waals surface area contributed by atoms with Gasteiger partial charge in [-0.2, -0.15) is 10.3 Å². The van der Waals surface area contributed by atoms with Crippen molar-refractivity contribution in [3.63, 3.8) is 0 Å². The number of rotatable bonds is 35. The summed E-state index contributed by atoms with van der Waals surface area (Å²) in [5.74, 6) is 0.367. The number of aliphatic imine (C=N–C) groups is 1. The second-order valence-electron chi connectivity index (χ2n) is 17.8. The molecule has 2 aliphatic rings. The molecule has 0 amide bonds. The summed E-state index contributed by atoms with van der Waals surface area (Å²) in [5.41, 5.74) is 0.201. The molecule has 16 nitrogen and oxygen atoms in total. The lowest BCUT2D eigenvalue weighted by Gasteiger charge is -2.38. The fourth-order valence-corrected chi connectivity index (χ4v) is 10.1. The van der Waals surface area contributed by atoms with Crippen LogP contribution in [0.15, 0.2) is 17.6 Å². The van der Waals surface area contributed by atoms with Gasteiger partial charge in [0, 0.05) is 45.7 Å². The zero-order valence-electron chi connectivity index (χ0n) is 39.9. The number of unbranched alkanes of at least 4 members (excludes halogenated alkanes) is 15. The van der Waals surface area contributed by atoms with Crippen LogP contribution in [-0.2, 0) is 32.9 Å². The Bertz CT molecular complexity index is 1650. The topological polar surface area (TPSA) is 162 Å². The molecule has 356 valence electrons. The molecule has 0 N–H and O–H groups in total. The van der Waals surface area contributed by atoms with Gasteiger partial charge in [0.05, 0.1) is 45.5 Å². The minimum atomic E-state index is -1.60. The fraction of sp³-hybridized carbons (Fsp3) is 0.826. The molecule has 0 aromatic carbocycles. The third-order valence-electron chi connectivity index (χ3n) is 11.6. The smallest absolute Gasteiger partial charge is 0.305 e. The van der Waals surface area contributed by atoms with Crippen LogP contribution in [0.2, 0.25) is 0 Å². The minimum Gasteiger partial charge on any atom is -0.469 e. The molecule has 4 rings (SSSR count). The second kappa shape index (κ2) is 28.9. The first kappa shape index (κ1) is 52.8. The van der Waals surface area contributed by atoms with Gasteiger partial charge in [0.2, 0.25) is 0 Å². The molecule has 17 heteroatoms. The van der Waals surface area contributed by atoms with Crippen LogP contribution in [0, 0.1) is 11.3 Å². The molecular weight excluding hydrogens is 822 g/mol. The van der Waals surface area contributed by atoms with Gasteiger partial charge < -0.3 is 28.2 Å². The van der Waals surface area contributed by atoms with E-state index in [9.17, 15) is 10.1 Å². The maximum Gasteiger partial charge on any atom is 0.305 e. The van der Waals surface area contributed by atoms with Crippen molar-refractivity contribution in [2.45, 2.75) is 193 Å². The molecule has 2 aromatic heterocycles. The van der Waals surface area contributed by atoms with Gasteiger partial charge in [-0.25, -0.2) is 24.6 Å². The van der Waals surface area contributed by atoms with Crippen molar-refractivity contribution in [2.75, 3.05) is 54.1 Å². The monoisotopic (exact) mass is 902 g/mol. The predicted molar refractivity (Wildman–Crippen MR) is 248 cm³/mol. The third-order valence-corrected chi connectivity index (χ3v) is 13.7. The van der Waals surface area contributed by atoms with Crippen LogP contribution < -0.4 is 0 Å². The molecule has 5 atom stereocenters. The molecule has 2 fully saturated rings. The van der Waals surface area contributed by atoms with Gasteiger partial charge in [-0.05, 0) is 47.0 Å². The highest BCUT2D eigenvalue weighted by atomic mass is 31.2. The summed E-state index contributed by atoms with van der Waals surface area (Å²) in [7, 11) is 3.67. The Morgan fingerprint density at radius 3 is 2.16 bits per heavy atom. The van der Waals surface area contributed by atoms with Crippen molar-refractivity contribution in [2.24, 2.45) is 4.99 Å². The number of nitriles is 1. The number of ether oxygens (including phenoxy) is 3. The number of carbonyl (C=O) groups is 1. The molecule has 0 spiro atoms. The van der Waals surface area contributed by atoms with Gasteiger partial charge in [-0.15, -0.1) is 0 Å². The van der Waals surface area contributed by atoms with Crippen LogP contribution in [0.25, 0.3) is 11.2 Å².